The first kappa shape index (κ1) is 22.3. The molecule has 2 N–H and O–H groups in total. The van der Waals surface area contributed by atoms with Gasteiger partial charge in [0.15, 0.2) is 0 Å². The molecule has 2 aliphatic rings. The molecule has 4 rings (SSSR count). The molecule has 2 amide bonds. The molecular weight excluding hydrogens is 402 g/mol. The average molecular weight is 435 g/mol. The van der Waals surface area contributed by atoms with Gasteiger partial charge in [-0.25, -0.2) is 4.79 Å². The van der Waals surface area contributed by atoms with Gasteiger partial charge in [-0.3, -0.25) is 9.69 Å². The van der Waals surface area contributed by atoms with Crippen molar-refractivity contribution in [1.82, 2.24) is 9.80 Å². The second kappa shape index (κ2) is 9.74. The van der Waals surface area contributed by atoms with Crippen LogP contribution in [0.4, 0.5) is 4.79 Å². The minimum absolute atomic E-state index is 0.0797. The first-order chi connectivity index (χ1) is 15.4. The van der Waals surface area contributed by atoms with E-state index in [0.29, 0.717) is 11.8 Å². The molecule has 1 radical (unpaired) electrons. The van der Waals surface area contributed by atoms with Crippen LogP contribution in [0.25, 0.3) is 0 Å². The number of likely N-dealkylation sites (tertiary alicyclic amines) is 2. The zero-order chi connectivity index (χ0) is 22.7. The Morgan fingerprint density at radius 1 is 1.00 bits per heavy atom. The summed E-state index contributed by atoms with van der Waals surface area (Å²) >= 11 is 0. The predicted octanol–water partition coefficient (Wildman–Crippen LogP) is 3.41. The van der Waals surface area contributed by atoms with E-state index in [2.05, 4.69) is 23.5 Å². The number of carbonyl (C=O) groups is 2. The van der Waals surface area contributed by atoms with Gasteiger partial charge in [-0.2, -0.15) is 0 Å². The highest BCUT2D eigenvalue weighted by Gasteiger charge is 2.43. The molecule has 6 nitrogen and oxygen atoms in total. The highest BCUT2D eigenvalue weighted by molar-refractivity contribution is 5.97. The smallest absolute Gasteiger partial charge is 0.404 e. The van der Waals surface area contributed by atoms with E-state index in [-0.39, 0.29) is 18.6 Å². The number of hydrogen-bond acceptors (Lipinski definition) is 4. The molecule has 2 aliphatic heterocycles. The molecule has 0 spiro atoms. The summed E-state index contributed by atoms with van der Waals surface area (Å²) in [6.07, 6.45) is 2.22. The molecule has 0 aliphatic carbocycles. The number of nitrogens with two attached hydrogens (primary N) is 1. The fourth-order valence-electron chi connectivity index (χ4n) is 5.17. The second-order valence-electron chi connectivity index (χ2n) is 9.09. The van der Waals surface area contributed by atoms with Gasteiger partial charge >= 0.3 is 6.09 Å². The number of nitrogens with zero attached hydrogens (tertiary/aromatic N) is 2. The first-order valence-electron chi connectivity index (χ1n) is 11.3. The number of amides is 2. The molecule has 32 heavy (non-hydrogen) atoms. The number of aryl methyl sites for hydroxylation is 2. The fraction of sp³-hybridized carbons (Fsp3) is 0.423. The lowest BCUT2D eigenvalue weighted by molar-refractivity contribution is 0.0746. The van der Waals surface area contributed by atoms with Gasteiger partial charge in [0.05, 0.1) is 0 Å². The van der Waals surface area contributed by atoms with Crippen molar-refractivity contribution >= 4 is 12.0 Å². The minimum atomic E-state index is -0.737. The van der Waals surface area contributed by atoms with Gasteiger partial charge < -0.3 is 15.4 Å². The summed E-state index contributed by atoms with van der Waals surface area (Å²) in [5, 5.41) is 0. The van der Waals surface area contributed by atoms with Crippen molar-refractivity contribution in [3.05, 3.63) is 77.2 Å². The molecule has 0 aromatic heterocycles. The Balaban J connectivity index is 1.38. The van der Waals surface area contributed by atoms with Crippen LogP contribution in [0.3, 0.4) is 0 Å². The Kier molecular flexibility index (Phi) is 6.80. The largest absolute Gasteiger partial charge is 0.448 e. The van der Waals surface area contributed by atoms with Crippen LogP contribution in [0.2, 0.25) is 0 Å². The van der Waals surface area contributed by atoms with Crippen LogP contribution in [0.1, 0.15) is 33.5 Å². The van der Waals surface area contributed by atoms with Crippen LogP contribution in [-0.4, -0.2) is 60.6 Å². The van der Waals surface area contributed by atoms with E-state index in [0.717, 1.165) is 54.9 Å². The molecule has 6 heteroatoms. The molecule has 2 aromatic rings. The van der Waals surface area contributed by atoms with E-state index >= 15 is 0 Å². The lowest BCUT2D eigenvalue weighted by atomic mass is 10.0. The summed E-state index contributed by atoms with van der Waals surface area (Å²) in [4.78, 5) is 28.9. The van der Waals surface area contributed by atoms with E-state index in [1.807, 2.05) is 55.1 Å². The second-order valence-corrected chi connectivity index (χ2v) is 9.09. The lowest BCUT2D eigenvalue weighted by Crippen LogP contribution is -2.41. The van der Waals surface area contributed by atoms with Crippen molar-refractivity contribution in [2.75, 3.05) is 32.8 Å². The number of ether oxygens (including phenoxy) is 1. The molecule has 0 bridgehead atoms. The third-order valence-electron chi connectivity index (χ3n) is 6.86. The molecule has 3 atom stereocenters. The van der Waals surface area contributed by atoms with Crippen molar-refractivity contribution in [2.24, 2.45) is 17.6 Å². The Morgan fingerprint density at radius 3 is 2.22 bits per heavy atom. The van der Waals surface area contributed by atoms with E-state index in [1.165, 1.54) is 0 Å². The summed E-state index contributed by atoms with van der Waals surface area (Å²) in [7, 11) is 0. The number of primary amides is 1. The lowest BCUT2D eigenvalue weighted by Gasteiger charge is -2.29. The number of carbonyl (C=O) groups excluding carboxylic acids is 2. The van der Waals surface area contributed by atoms with Gasteiger partial charge in [-0.05, 0) is 55.2 Å². The third-order valence-corrected chi connectivity index (χ3v) is 6.86. The maximum absolute atomic E-state index is 13.2. The molecule has 2 saturated heterocycles. The van der Waals surface area contributed by atoms with Gasteiger partial charge in [0.2, 0.25) is 0 Å². The maximum Gasteiger partial charge on any atom is 0.404 e. The Bertz CT molecular complexity index is 928. The normalized spacial score (nSPS) is 21.4. The maximum atomic E-state index is 13.2. The van der Waals surface area contributed by atoms with Crippen LogP contribution in [0.5, 0.6) is 0 Å². The van der Waals surface area contributed by atoms with Crippen LogP contribution in [0, 0.1) is 32.1 Å². The van der Waals surface area contributed by atoms with Crippen molar-refractivity contribution in [3.8, 4) is 0 Å². The number of rotatable bonds is 7. The minimum Gasteiger partial charge on any atom is -0.448 e. The molecule has 2 unspecified atom stereocenters. The van der Waals surface area contributed by atoms with Crippen molar-refractivity contribution in [2.45, 2.75) is 26.3 Å². The summed E-state index contributed by atoms with van der Waals surface area (Å²) in [6, 6.07) is 16.3. The summed E-state index contributed by atoms with van der Waals surface area (Å²) in [5.41, 5.74) is 9.30. The Hall–Kier alpha value is -2.86. The molecule has 0 saturated carbocycles. The number of hydrogen-bond donors (Lipinski definition) is 1. The molecular formula is C26H32N3O3. The zero-order valence-corrected chi connectivity index (χ0v) is 18.9. The van der Waals surface area contributed by atoms with Crippen molar-refractivity contribution < 1.29 is 14.3 Å². The SMILES string of the molecule is Cc1cccc(C)c1C(=O)N1CC2CN([C@@H](C[CH]c3ccccc3)COC(N)=O)CC2C1. The highest BCUT2D eigenvalue weighted by atomic mass is 16.5. The van der Waals surface area contributed by atoms with E-state index in [9.17, 15) is 9.59 Å². The molecule has 2 aromatic carbocycles. The predicted molar refractivity (Wildman–Crippen MR) is 124 cm³/mol. The topological polar surface area (TPSA) is 75.9 Å². The van der Waals surface area contributed by atoms with Gasteiger partial charge in [-0.15, -0.1) is 0 Å². The van der Waals surface area contributed by atoms with Crippen LogP contribution >= 0.6 is 0 Å². The monoisotopic (exact) mass is 434 g/mol. The van der Waals surface area contributed by atoms with Gasteiger partial charge in [-0.1, -0.05) is 48.5 Å². The van der Waals surface area contributed by atoms with E-state index < -0.39 is 6.09 Å². The summed E-state index contributed by atoms with van der Waals surface area (Å²) in [6.45, 7) is 7.65. The molecule has 2 fully saturated rings. The van der Waals surface area contributed by atoms with Crippen LogP contribution in [0.15, 0.2) is 48.5 Å². The van der Waals surface area contributed by atoms with Gasteiger partial charge in [0.25, 0.3) is 5.91 Å². The Labute approximate surface area is 190 Å². The van der Waals surface area contributed by atoms with Crippen molar-refractivity contribution in [1.29, 1.82) is 0 Å². The summed E-state index contributed by atoms with van der Waals surface area (Å²) < 4.78 is 5.18. The standard InChI is InChI=1S/C26H32N3O3/c1-18-7-6-8-19(2)24(18)25(30)29-15-21-13-28(14-22(21)16-29)23(17-32-26(27)31)12-11-20-9-4-3-5-10-20/h3-11,21-23H,12-17H2,1-2H3,(H2,27,31)/t21?,22?,23-/m0/s1. The van der Waals surface area contributed by atoms with Gasteiger partial charge in [0.1, 0.15) is 6.61 Å². The first-order valence-corrected chi connectivity index (χ1v) is 11.3. The Morgan fingerprint density at radius 2 is 1.62 bits per heavy atom. The van der Waals surface area contributed by atoms with Gasteiger partial charge in [0, 0.05) is 37.8 Å². The van der Waals surface area contributed by atoms with Crippen LogP contribution in [-0.2, 0) is 4.74 Å². The van der Waals surface area contributed by atoms with E-state index in [4.69, 9.17) is 10.5 Å². The number of benzene rings is 2. The molecule has 2 heterocycles. The number of fused-ring (bicyclic) bond motifs is 1. The highest BCUT2D eigenvalue weighted by Crippen LogP contribution is 2.34. The van der Waals surface area contributed by atoms with E-state index in [1.54, 1.807) is 0 Å². The fourth-order valence-corrected chi connectivity index (χ4v) is 5.17. The van der Waals surface area contributed by atoms with Crippen molar-refractivity contribution in [3.63, 3.8) is 0 Å². The quantitative estimate of drug-likeness (QED) is 0.725. The molecule has 169 valence electrons. The summed E-state index contributed by atoms with van der Waals surface area (Å²) in [5.74, 6) is 1.03. The zero-order valence-electron chi connectivity index (χ0n) is 18.9. The van der Waals surface area contributed by atoms with Crippen LogP contribution < -0.4 is 5.73 Å². The third kappa shape index (κ3) is 4.96. The average Bonchev–Trinajstić information content (AvgIpc) is 3.33.